The SMILES string of the molecule is COc1cccc(CCN2CCC(C)C(F)(F)CC2)c1-c1cccc2c(CCC(=O)O)cccc12. The highest BCUT2D eigenvalue weighted by Crippen LogP contribution is 2.39. The molecule has 3 aromatic carbocycles. The van der Waals surface area contributed by atoms with Gasteiger partial charge in [-0.2, -0.15) is 0 Å². The van der Waals surface area contributed by atoms with Gasteiger partial charge in [-0.05, 0) is 59.3 Å². The zero-order chi connectivity index (χ0) is 25.0. The minimum Gasteiger partial charge on any atom is -0.496 e. The van der Waals surface area contributed by atoms with Crippen molar-refractivity contribution in [3.63, 3.8) is 0 Å². The lowest BCUT2D eigenvalue weighted by molar-refractivity contribution is -0.136. The molecule has 6 heteroatoms. The number of carbonyl (C=O) groups is 1. The number of rotatable bonds is 8. The third-order valence-corrected chi connectivity index (χ3v) is 7.28. The van der Waals surface area contributed by atoms with Crippen LogP contribution in [-0.4, -0.2) is 48.6 Å². The van der Waals surface area contributed by atoms with E-state index in [-0.39, 0.29) is 12.8 Å². The molecule has 0 saturated carbocycles. The standard InChI is InChI=1S/C29H33F2NO3/c1-20-14-17-32(19-16-29(20,30)31)18-15-22-7-4-11-26(35-2)28(22)25-10-5-8-23-21(12-13-27(33)34)6-3-9-24(23)25/h3-11,20H,12-19H2,1-2H3,(H,33,34). The van der Waals surface area contributed by atoms with Gasteiger partial charge in [0.2, 0.25) is 0 Å². The van der Waals surface area contributed by atoms with Crippen molar-refractivity contribution in [2.24, 2.45) is 5.92 Å². The normalized spacial score (nSPS) is 18.3. The molecule has 4 rings (SSSR count). The molecule has 1 aliphatic rings. The number of alkyl halides is 2. The van der Waals surface area contributed by atoms with Crippen LogP contribution in [0.15, 0.2) is 54.6 Å². The van der Waals surface area contributed by atoms with Crippen molar-refractivity contribution in [3.05, 3.63) is 65.7 Å². The average molecular weight is 482 g/mol. The largest absolute Gasteiger partial charge is 0.496 e. The summed E-state index contributed by atoms with van der Waals surface area (Å²) in [4.78, 5) is 13.3. The van der Waals surface area contributed by atoms with Gasteiger partial charge in [0.15, 0.2) is 0 Å². The molecule has 4 nitrogen and oxygen atoms in total. The first-order valence-electron chi connectivity index (χ1n) is 12.3. The van der Waals surface area contributed by atoms with Crippen molar-refractivity contribution in [2.45, 2.75) is 45.0 Å². The van der Waals surface area contributed by atoms with E-state index in [1.165, 1.54) is 0 Å². The summed E-state index contributed by atoms with van der Waals surface area (Å²) in [5, 5.41) is 11.2. The maximum atomic E-state index is 14.2. The van der Waals surface area contributed by atoms with E-state index in [1.54, 1.807) is 14.0 Å². The van der Waals surface area contributed by atoms with Crippen LogP contribution in [0, 0.1) is 5.92 Å². The predicted molar refractivity (Wildman–Crippen MR) is 135 cm³/mol. The molecule has 0 aromatic heterocycles. The number of likely N-dealkylation sites (tertiary alicyclic amines) is 1. The molecule has 1 saturated heterocycles. The lowest BCUT2D eigenvalue weighted by Gasteiger charge is -2.22. The molecule has 3 aromatic rings. The third kappa shape index (κ3) is 5.64. The fraction of sp³-hybridized carbons (Fsp3) is 0.414. The number of fused-ring (bicyclic) bond motifs is 1. The number of hydrogen-bond acceptors (Lipinski definition) is 3. The van der Waals surface area contributed by atoms with E-state index in [2.05, 4.69) is 23.1 Å². The topological polar surface area (TPSA) is 49.8 Å². The van der Waals surface area contributed by atoms with E-state index in [9.17, 15) is 13.6 Å². The first-order valence-corrected chi connectivity index (χ1v) is 12.3. The molecule has 35 heavy (non-hydrogen) atoms. The van der Waals surface area contributed by atoms with Crippen LogP contribution in [0.25, 0.3) is 21.9 Å². The summed E-state index contributed by atoms with van der Waals surface area (Å²) < 4.78 is 34.1. The van der Waals surface area contributed by atoms with Crippen LogP contribution in [0.2, 0.25) is 0 Å². The number of halogens is 2. The molecule has 0 bridgehead atoms. The molecule has 0 amide bonds. The zero-order valence-corrected chi connectivity index (χ0v) is 20.4. The third-order valence-electron chi connectivity index (χ3n) is 7.28. The first-order chi connectivity index (χ1) is 16.8. The summed E-state index contributed by atoms with van der Waals surface area (Å²) in [6, 6.07) is 18.1. The molecule has 1 N–H and O–H groups in total. The quantitative estimate of drug-likeness (QED) is 0.402. The lowest BCUT2D eigenvalue weighted by atomic mass is 9.90. The van der Waals surface area contributed by atoms with Gasteiger partial charge in [-0.3, -0.25) is 4.79 Å². The van der Waals surface area contributed by atoms with Crippen molar-refractivity contribution in [2.75, 3.05) is 26.7 Å². The summed E-state index contributed by atoms with van der Waals surface area (Å²) in [7, 11) is 1.66. The van der Waals surface area contributed by atoms with Gasteiger partial charge in [0.1, 0.15) is 5.75 Å². The molecule has 1 fully saturated rings. The molecule has 0 radical (unpaired) electrons. The van der Waals surface area contributed by atoms with E-state index in [0.717, 1.165) is 45.2 Å². The number of carboxylic acids is 1. The second-order valence-electron chi connectivity index (χ2n) is 9.50. The summed E-state index contributed by atoms with van der Waals surface area (Å²) in [6.07, 6.45) is 1.67. The van der Waals surface area contributed by atoms with E-state index >= 15 is 0 Å². The minimum absolute atomic E-state index is 0.0801. The van der Waals surface area contributed by atoms with Crippen LogP contribution >= 0.6 is 0 Å². The molecular formula is C29H33F2NO3. The van der Waals surface area contributed by atoms with Crippen molar-refractivity contribution < 1.29 is 23.4 Å². The highest BCUT2D eigenvalue weighted by atomic mass is 19.3. The summed E-state index contributed by atoms with van der Waals surface area (Å²) in [5.41, 5.74) is 4.15. The van der Waals surface area contributed by atoms with Crippen molar-refractivity contribution in [1.82, 2.24) is 4.90 Å². The highest BCUT2D eigenvalue weighted by Gasteiger charge is 2.38. The Morgan fingerprint density at radius 3 is 2.51 bits per heavy atom. The summed E-state index contributed by atoms with van der Waals surface area (Å²) in [6.45, 7) is 3.43. The van der Waals surface area contributed by atoms with E-state index < -0.39 is 17.8 Å². The van der Waals surface area contributed by atoms with Gasteiger partial charge >= 0.3 is 5.97 Å². The van der Waals surface area contributed by atoms with Gasteiger partial charge in [0.05, 0.1) is 7.11 Å². The van der Waals surface area contributed by atoms with Crippen LogP contribution in [0.3, 0.4) is 0 Å². The molecule has 0 spiro atoms. The first kappa shape index (κ1) is 25.1. The molecule has 1 heterocycles. The monoisotopic (exact) mass is 481 g/mol. The van der Waals surface area contributed by atoms with Crippen LogP contribution in [0.4, 0.5) is 8.78 Å². The Hall–Kier alpha value is -2.99. The van der Waals surface area contributed by atoms with E-state index in [1.807, 2.05) is 36.4 Å². The number of ether oxygens (including phenoxy) is 1. The van der Waals surface area contributed by atoms with Crippen LogP contribution < -0.4 is 4.74 Å². The van der Waals surface area contributed by atoms with Gasteiger partial charge in [-0.25, -0.2) is 8.78 Å². The predicted octanol–water partition coefficient (Wildman–Crippen LogP) is 6.44. The number of aryl methyl sites for hydroxylation is 1. The molecule has 0 aliphatic carbocycles. The number of benzene rings is 3. The smallest absolute Gasteiger partial charge is 0.303 e. The number of carboxylic acid groups (broad SMARTS) is 1. The molecule has 1 unspecified atom stereocenters. The molecule has 1 aliphatic heterocycles. The maximum Gasteiger partial charge on any atom is 0.303 e. The van der Waals surface area contributed by atoms with Crippen LogP contribution in [-0.2, 0) is 17.6 Å². The second-order valence-corrected chi connectivity index (χ2v) is 9.50. The fourth-order valence-electron chi connectivity index (χ4n) is 5.07. The van der Waals surface area contributed by atoms with Gasteiger partial charge in [-0.1, -0.05) is 55.5 Å². The number of hydrogen-bond donors (Lipinski definition) is 1. The van der Waals surface area contributed by atoms with Crippen molar-refractivity contribution in [3.8, 4) is 16.9 Å². The number of nitrogens with zero attached hydrogens (tertiary/aromatic N) is 1. The average Bonchev–Trinajstić information content (AvgIpc) is 2.98. The summed E-state index contributed by atoms with van der Waals surface area (Å²) in [5.74, 6) is -3.24. The molecule has 1 atom stereocenters. The van der Waals surface area contributed by atoms with Gasteiger partial charge in [0, 0.05) is 37.4 Å². The highest BCUT2D eigenvalue weighted by molar-refractivity contribution is 6.00. The van der Waals surface area contributed by atoms with Gasteiger partial charge in [-0.15, -0.1) is 0 Å². The Morgan fingerprint density at radius 2 is 1.74 bits per heavy atom. The number of methoxy groups -OCH3 is 1. The second kappa shape index (κ2) is 10.7. The van der Waals surface area contributed by atoms with E-state index in [4.69, 9.17) is 9.84 Å². The fourth-order valence-corrected chi connectivity index (χ4v) is 5.07. The van der Waals surface area contributed by atoms with Gasteiger partial charge < -0.3 is 14.7 Å². The van der Waals surface area contributed by atoms with E-state index in [0.29, 0.717) is 32.5 Å². The zero-order valence-electron chi connectivity index (χ0n) is 20.4. The Kier molecular flexibility index (Phi) is 7.70. The molecule has 186 valence electrons. The lowest BCUT2D eigenvalue weighted by Crippen LogP contribution is -2.28. The Balaban J connectivity index is 1.67. The van der Waals surface area contributed by atoms with Crippen molar-refractivity contribution >= 4 is 16.7 Å². The Morgan fingerprint density at radius 1 is 1.03 bits per heavy atom. The van der Waals surface area contributed by atoms with Crippen LogP contribution in [0.5, 0.6) is 5.75 Å². The van der Waals surface area contributed by atoms with Gasteiger partial charge in [0.25, 0.3) is 5.92 Å². The Labute approximate surface area is 205 Å². The summed E-state index contributed by atoms with van der Waals surface area (Å²) >= 11 is 0. The van der Waals surface area contributed by atoms with Crippen molar-refractivity contribution in [1.29, 1.82) is 0 Å². The molecular weight excluding hydrogens is 448 g/mol. The number of aliphatic carboxylic acids is 1. The Bertz CT molecular complexity index is 1190. The van der Waals surface area contributed by atoms with Crippen LogP contribution in [0.1, 0.15) is 37.3 Å². The maximum absolute atomic E-state index is 14.2. The minimum atomic E-state index is -2.60.